The maximum absolute atomic E-state index is 10.0. The largest absolute Gasteiger partial charge is 0.303 e. The van der Waals surface area contributed by atoms with Crippen molar-refractivity contribution in [2.75, 3.05) is 0 Å². The molecular weight excluding hydrogens is 134 g/mol. The van der Waals surface area contributed by atoms with Gasteiger partial charge in [-0.25, -0.2) is 0 Å². The average molecular weight is 145 g/mol. The Bertz CT molecular complexity index is 124. The Labute approximate surface area is 59.4 Å². The summed E-state index contributed by atoms with van der Waals surface area (Å²) in [6, 6.07) is -0.514. The Morgan fingerprint density at radius 1 is 1.70 bits per heavy atom. The van der Waals surface area contributed by atoms with Gasteiger partial charge in [0.2, 0.25) is 6.04 Å². The van der Waals surface area contributed by atoms with Crippen LogP contribution in [-0.4, -0.2) is 17.3 Å². The number of nitrogens with zero attached hydrogens (tertiary/aromatic N) is 1. The van der Waals surface area contributed by atoms with Gasteiger partial charge >= 0.3 is 0 Å². The highest BCUT2D eigenvalue weighted by atomic mass is 16.6. The molecule has 58 valence electrons. The molecule has 0 fully saturated rings. The topological polar surface area (TPSA) is 60.2 Å². The van der Waals surface area contributed by atoms with E-state index in [4.69, 9.17) is 0 Å². The third-order valence-corrected chi connectivity index (χ3v) is 1.30. The van der Waals surface area contributed by atoms with E-state index in [9.17, 15) is 14.9 Å². The lowest BCUT2D eigenvalue weighted by molar-refractivity contribution is -0.518. The molecule has 0 aromatic rings. The van der Waals surface area contributed by atoms with Crippen LogP contribution in [0.1, 0.15) is 26.2 Å². The molecule has 0 bridgehead atoms. The zero-order chi connectivity index (χ0) is 7.98. The maximum atomic E-state index is 10.0. The van der Waals surface area contributed by atoms with Crippen LogP contribution in [0.25, 0.3) is 0 Å². The van der Waals surface area contributed by atoms with Crippen LogP contribution in [0.2, 0.25) is 0 Å². The Kier molecular flexibility index (Phi) is 4.45. The van der Waals surface area contributed by atoms with Crippen LogP contribution in [0.3, 0.4) is 0 Å². The van der Waals surface area contributed by atoms with Gasteiger partial charge in [-0.15, -0.1) is 0 Å². The summed E-state index contributed by atoms with van der Waals surface area (Å²) >= 11 is 0. The maximum Gasteiger partial charge on any atom is 0.210 e. The van der Waals surface area contributed by atoms with E-state index >= 15 is 0 Å². The molecule has 0 spiro atoms. The predicted octanol–water partition coefficient (Wildman–Crippen LogP) is 1.02. The summed E-state index contributed by atoms with van der Waals surface area (Å²) in [7, 11) is 0. The highest BCUT2D eigenvalue weighted by Gasteiger charge is 2.10. The van der Waals surface area contributed by atoms with Crippen molar-refractivity contribution in [2.24, 2.45) is 0 Å². The standard InChI is InChI=1S/C6H11NO3/c1-6(7(9)10)4-2-3-5-8/h5-6H,2-4H2,1H3. The molecule has 0 heterocycles. The van der Waals surface area contributed by atoms with Crippen LogP contribution in [0.4, 0.5) is 0 Å². The van der Waals surface area contributed by atoms with Gasteiger partial charge in [0, 0.05) is 24.7 Å². The molecule has 0 saturated heterocycles. The van der Waals surface area contributed by atoms with Crippen molar-refractivity contribution in [1.29, 1.82) is 0 Å². The first kappa shape index (κ1) is 9.07. The molecule has 0 aliphatic carbocycles. The van der Waals surface area contributed by atoms with Gasteiger partial charge in [0.1, 0.15) is 6.29 Å². The zero-order valence-corrected chi connectivity index (χ0v) is 5.95. The molecule has 10 heavy (non-hydrogen) atoms. The van der Waals surface area contributed by atoms with Crippen molar-refractivity contribution in [3.8, 4) is 0 Å². The average Bonchev–Trinajstić information content (AvgIpc) is 1.88. The molecule has 0 aliphatic rings. The number of rotatable bonds is 5. The van der Waals surface area contributed by atoms with Gasteiger partial charge in [-0.05, 0) is 6.42 Å². The summed E-state index contributed by atoms with van der Waals surface area (Å²) in [6.07, 6.45) is 2.32. The lowest BCUT2D eigenvalue weighted by atomic mass is 10.1. The quantitative estimate of drug-likeness (QED) is 0.251. The molecule has 0 aromatic carbocycles. The van der Waals surface area contributed by atoms with E-state index in [-0.39, 0.29) is 4.92 Å². The van der Waals surface area contributed by atoms with Crippen molar-refractivity contribution in [2.45, 2.75) is 32.2 Å². The van der Waals surface area contributed by atoms with Crippen molar-refractivity contribution in [1.82, 2.24) is 0 Å². The third-order valence-electron chi connectivity index (χ3n) is 1.30. The molecule has 4 nitrogen and oxygen atoms in total. The molecule has 0 aromatic heterocycles. The van der Waals surface area contributed by atoms with Gasteiger partial charge in [0.15, 0.2) is 0 Å². The molecule has 1 unspecified atom stereocenters. The fourth-order valence-corrected chi connectivity index (χ4v) is 0.602. The lowest BCUT2D eigenvalue weighted by Gasteiger charge is -1.99. The zero-order valence-electron chi connectivity index (χ0n) is 5.95. The number of nitro groups is 1. The minimum absolute atomic E-state index is 0.329. The van der Waals surface area contributed by atoms with Gasteiger partial charge < -0.3 is 4.79 Å². The van der Waals surface area contributed by atoms with Crippen LogP contribution >= 0.6 is 0 Å². The second-order valence-corrected chi connectivity index (χ2v) is 2.23. The van der Waals surface area contributed by atoms with Gasteiger partial charge in [-0.2, -0.15) is 0 Å². The minimum atomic E-state index is -0.514. The monoisotopic (exact) mass is 145 g/mol. The van der Waals surface area contributed by atoms with E-state index in [0.29, 0.717) is 19.3 Å². The highest BCUT2D eigenvalue weighted by Crippen LogP contribution is 2.01. The Morgan fingerprint density at radius 3 is 2.70 bits per heavy atom. The summed E-state index contributed by atoms with van der Waals surface area (Å²) < 4.78 is 0. The van der Waals surface area contributed by atoms with E-state index in [1.165, 1.54) is 0 Å². The Morgan fingerprint density at radius 2 is 2.30 bits per heavy atom. The smallest absolute Gasteiger partial charge is 0.210 e. The van der Waals surface area contributed by atoms with E-state index in [2.05, 4.69) is 0 Å². The number of hydrogen-bond donors (Lipinski definition) is 0. The number of unbranched alkanes of at least 4 members (excludes halogenated alkanes) is 1. The summed E-state index contributed by atoms with van der Waals surface area (Å²) in [4.78, 5) is 19.5. The molecule has 4 heteroatoms. The van der Waals surface area contributed by atoms with Crippen LogP contribution in [-0.2, 0) is 4.79 Å². The van der Waals surface area contributed by atoms with Crippen molar-refractivity contribution in [3.05, 3.63) is 10.1 Å². The van der Waals surface area contributed by atoms with E-state index < -0.39 is 6.04 Å². The summed E-state index contributed by atoms with van der Waals surface area (Å²) in [5.74, 6) is 0. The Balaban J connectivity index is 3.30. The first-order valence-electron chi connectivity index (χ1n) is 3.25. The minimum Gasteiger partial charge on any atom is -0.303 e. The molecule has 0 N–H and O–H groups in total. The van der Waals surface area contributed by atoms with Crippen LogP contribution in [0.15, 0.2) is 0 Å². The van der Waals surface area contributed by atoms with Crippen LogP contribution in [0.5, 0.6) is 0 Å². The van der Waals surface area contributed by atoms with E-state index in [1.807, 2.05) is 0 Å². The first-order valence-corrected chi connectivity index (χ1v) is 3.25. The third kappa shape index (κ3) is 4.00. The molecule has 0 rings (SSSR count). The molecule has 0 saturated carbocycles. The molecular formula is C6H11NO3. The highest BCUT2D eigenvalue weighted by molar-refractivity contribution is 5.48. The van der Waals surface area contributed by atoms with Crippen molar-refractivity contribution in [3.63, 3.8) is 0 Å². The van der Waals surface area contributed by atoms with Gasteiger partial charge in [-0.1, -0.05) is 0 Å². The number of carbonyl (C=O) groups is 1. The summed E-state index contributed by atoms with van der Waals surface area (Å²) in [5.41, 5.74) is 0. The number of carbonyl (C=O) groups excluding carboxylic acids is 1. The van der Waals surface area contributed by atoms with Gasteiger partial charge in [0.25, 0.3) is 0 Å². The molecule has 0 amide bonds. The molecule has 0 radical (unpaired) electrons. The Hall–Kier alpha value is -0.930. The second kappa shape index (κ2) is 4.90. The summed E-state index contributed by atoms with van der Waals surface area (Å²) in [5, 5.41) is 10.0. The lowest BCUT2D eigenvalue weighted by Crippen LogP contribution is -2.14. The van der Waals surface area contributed by atoms with E-state index in [0.717, 1.165) is 6.29 Å². The number of hydrogen-bond acceptors (Lipinski definition) is 3. The summed E-state index contributed by atoms with van der Waals surface area (Å²) in [6.45, 7) is 1.55. The molecule has 0 aliphatic heterocycles. The van der Waals surface area contributed by atoms with Gasteiger partial charge in [0.05, 0.1) is 0 Å². The van der Waals surface area contributed by atoms with Crippen molar-refractivity contribution < 1.29 is 9.72 Å². The first-order chi connectivity index (χ1) is 4.68. The van der Waals surface area contributed by atoms with E-state index in [1.54, 1.807) is 6.92 Å². The SMILES string of the molecule is CC(CCCC=O)[N+](=O)[O-]. The van der Waals surface area contributed by atoms with Crippen molar-refractivity contribution >= 4 is 6.29 Å². The normalized spacial score (nSPS) is 12.5. The fraction of sp³-hybridized carbons (Fsp3) is 0.833. The molecule has 1 atom stereocenters. The number of aldehydes is 1. The predicted molar refractivity (Wildman–Crippen MR) is 36.4 cm³/mol. The van der Waals surface area contributed by atoms with Crippen LogP contribution < -0.4 is 0 Å². The fourth-order valence-electron chi connectivity index (χ4n) is 0.602. The van der Waals surface area contributed by atoms with Crippen LogP contribution in [0, 0.1) is 10.1 Å². The van der Waals surface area contributed by atoms with Gasteiger partial charge in [-0.3, -0.25) is 10.1 Å². The second-order valence-electron chi connectivity index (χ2n) is 2.23.